The summed E-state index contributed by atoms with van der Waals surface area (Å²) in [6.45, 7) is 2.03. The van der Waals surface area contributed by atoms with Crippen molar-refractivity contribution in [1.82, 2.24) is 10.2 Å². The van der Waals surface area contributed by atoms with Gasteiger partial charge in [0.2, 0.25) is 11.8 Å². The van der Waals surface area contributed by atoms with Crippen LogP contribution in [0.4, 0.5) is 5.69 Å². The number of carbonyl (C=O) groups is 2. The van der Waals surface area contributed by atoms with Crippen molar-refractivity contribution in [2.75, 3.05) is 33.1 Å². The highest BCUT2D eigenvalue weighted by atomic mass is 16.5. The van der Waals surface area contributed by atoms with Gasteiger partial charge in [0.15, 0.2) is 0 Å². The van der Waals surface area contributed by atoms with Crippen LogP contribution in [0.25, 0.3) is 6.08 Å². The molecule has 1 aliphatic carbocycles. The highest BCUT2D eigenvalue weighted by Gasteiger charge is 2.41. The van der Waals surface area contributed by atoms with Crippen molar-refractivity contribution in [2.45, 2.75) is 44.2 Å². The fourth-order valence-corrected chi connectivity index (χ4v) is 3.81. The second-order valence-corrected chi connectivity index (χ2v) is 7.57. The van der Waals surface area contributed by atoms with Gasteiger partial charge in [0.05, 0.1) is 19.9 Å². The van der Waals surface area contributed by atoms with Crippen molar-refractivity contribution in [3.05, 3.63) is 23.8 Å². The monoisotopic (exact) mass is 387 g/mol. The van der Waals surface area contributed by atoms with Crippen molar-refractivity contribution in [3.8, 4) is 11.5 Å². The van der Waals surface area contributed by atoms with Crippen LogP contribution in [0.3, 0.4) is 0 Å². The molecule has 2 N–H and O–H groups in total. The van der Waals surface area contributed by atoms with E-state index >= 15 is 0 Å². The highest BCUT2D eigenvalue weighted by molar-refractivity contribution is 5.99. The van der Waals surface area contributed by atoms with Crippen LogP contribution in [0.15, 0.2) is 18.2 Å². The van der Waals surface area contributed by atoms with Crippen LogP contribution in [-0.4, -0.2) is 56.1 Å². The first-order valence-electron chi connectivity index (χ1n) is 9.66. The number of nitrogens with one attached hydrogen (secondary N) is 2. The molecule has 1 atom stereocenters. The lowest BCUT2D eigenvalue weighted by atomic mass is 9.97. The molecule has 0 saturated heterocycles. The van der Waals surface area contributed by atoms with Crippen molar-refractivity contribution in [1.29, 1.82) is 0 Å². The Hall–Kier alpha value is -2.70. The second-order valence-electron chi connectivity index (χ2n) is 7.57. The van der Waals surface area contributed by atoms with E-state index in [0.29, 0.717) is 22.7 Å². The van der Waals surface area contributed by atoms with Gasteiger partial charge in [-0.25, -0.2) is 0 Å². The summed E-state index contributed by atoms with van der Waals surface area (Å²) < 4.78 is 10.9. The third-order valence-corrected chi connectivity index (χ3v) is 5.86. The van der Waals surface area contributed by atoms with Crippen LogP contribution in [0, 0.1) is 0 Å². The summed E-state index contributed by atoms with van der Waals surface area (Å²) in [5, 5.41) is 6.47. The zero-order chi connectivity index (χ0) is 20.3. The zero-order valence-electron chi connectivity index (χ0n) is 17.0. The molecule has 0 spiro atoms. The Morgan fingerprint density at radius 3 is 2.46 bits per heavy atom. The maximum atomic E-state index is 13.2. The van der Waals surface area contributed by atoms with Gasteiger partial charge in [-0.2, -0.15) is 0 Å². The van der Waals surface area contributed by atoms with Crippen LogP contribution >= 0.6 is 0 Å². The molecular weight excluding hydrogens is 358 g/mol. The van der Waals surface area contributed by atoms with E-state index in [2.05, 4.69) is 10.6 Å². The van der Waals surface area contributed by atoms with Gasteiger partial charge in [0.25, 0.3) is 0 Å². The van der Waals surface area contributed by atoms with E-state index in [-0.39, 0.29) is 24.4 Å². The van der Waals surface area contributed by atoms with E-state index in [0.717, 1.165) is 25.7 Å². The molecule has 0 bridgehead atoms. The molecule has 1 unspecified atom stereocenters. The van der Waals surface area contributed by atoms with Crippen LogP contribution in [0.1, 0.15) is 38.2 Å². The average molecular weight is 387 g/mol. The molecule has 7 nitrogen and oxygen atoms in total. The van der Waals surface area contributed by atoms with Gasteiger partial charge < -0.3 is 25.0 Å². The summed E-state index contributed by atoms with van der Waals surface area (Å²) in [5.74, 6) is 0.843. The van der Waals surface area contributed by atoms with Crippen molar-refractivity contribution in [2.24, 2.45) is 0 Å². The van der Waals surface area contributed by atoms with E-state index < -0.39 is 5.54 Å². The summed E-state index contributed by atoms with van der Waals surface area (Å²) in [6.07, 6.45) is 7.39. The molecule has 1 aromatic carbocycles. The Bertz CT molecular complexity index is 786. The lowest BCUT2D eigenvalue weighted by Crippen LogP contribution is -2.61. The van der Waals surface area contributed by atoms with Crippen LogP contribution < -0.4 is 20.1 Å². The molecule has 0 radical (unpaired) electrons. The number of amides is 2. The quantitative estimate of drug-likeness (QED) is 0.829. The first-order valence-corrected chi connectivity index (χ1v) is 9.66. The Balaban J connectivity index is 1.98. The fourth-order valence-electron chi connectivity index (χ4n) is 3.81. The molecule has 2 aliphatic rings. The van der Waals surface area contributed by atoms with E-state index in [1.807, 2.05) is 0 Å². The largest absolute Gasteiger partial charge is 0.496 e. The van der Waals surface area contributed by atoms with Gasteiger partial charge in [-0.3, -0.25) is 9.59 Å². The van der Waals surface area contributed by atoms with Gasteiger partial charge in [-0.1, -0.05) is 12.8 Å². The number of ether oxygens (including phenoxy) is 2. The summed E-state index contributed by atoms with van der Waals surface area (Å²) in [4.78, 5) is 27.5. The number of rotatable bonds is 4. The molecule has 152 valence electrons. The van der Waals surface area contributed by atoms with E-state index in [1.165, 1.54) is 11.0 Å². The third-order valence-electron chi connectivity index (χ3n) is 5.86. The molecule has 0 aromatic heterocycles. The zero-order valence-corrected chi connectivity index (χ0v) is 17.0. The molecule has 1 fully saturated rings. The Kier molecular flexibility index (Phi) is 5.82. The first-order chi connectivity index (χ1) is 13.4. The van der Waals surface area contributed by atoms with Crippen molar-refractivity contribution < 1.29 is 19.1 Å². The maximum Gasteiger partial charge on any atom is 0.247 e. The smallest absolute Gasteiger partial charge is 0.247 e. The van der Waals surface area contributed by atoms with Gasteiger partial charge in [0, 0.05) is 31.3 Å². The Labute approximate surface area is 166 Å². The molecule has 1 heterocycles. The third kappa shape index (κ3) is 3.66. The lowest BCUT2D eigenvalue weighted by Gasteiger charge is -2.38. The minimum atomic E-state index is -1.06. The summed E-state index contributed by atoms with van der Waals surface area (Å²) >= 11 is 0. The summed E-state index contributed by atoms with van der Waals surface area (Å²) in [5.41, 5.74) is 0.352. The molecule has 3 rings (SSSR count). The average Bonchev–Trinajstić information content (AvgIpc) is 3.22. The highest BCUT2D eigenvalue weighted by Crippen LogP contribution is 2.37. The number of hydrogen-bond acceptors (Lipinski definition) is 5. The van der Waals surface area contributed by atoms with Gasteiger partial charge >= 0.3 is 0 Å². The molecular formula is C21H29N3O4. The molecule has 2 amide bonds. The van der Waals surface area contributed by atoms with Crippen LogP contribution in [0.2, 0.25) is 0 Å². The number of carbonyl (C=O) groups excluding carboxylic acids is 2. The molecule has 1 aromatic rings. The topological polar surface area (TPSA) is 79.9 Å². The van der Waals surface area contributed by atoms with Gasteiger partial charge in [-0.05, 0) is 38.0 Å². The SMILES string of the molecule is COc1ccc(OC)c2c1/C=C/C(=O)N(C)C(C)(C(=O)NC1CCCC1)CN2. The minimum Gasteiger partial charge on any atom is -0.496 e. The lowest BCUT2D eigenvalue weighted by molar-refractivity contribution is -0.141. The van der Waals surface area contributed by atoms with E-state index in [4.69, 9.17) is 9.47 Å². The van der Waals surface area contributed by atoms with Crippen LogP contribution in [-0.2, 0) is 9.59 Å². The second kappa shape index (κ2) is 8.12. The van der Waals surface area contributed by atoms with Crippen molar-refractivity contribution in [3.63, 3.8) is 0 Å². The number of anilines is 1. The number of fused-ring (bicyclic) bond motifs is 1. The standard InChI is InChI=1S/C21H29N3O4/c1-21(20(26)23-14-7-5-6-8-14)13-22-19-15(9-12-18(25)24(21)2)16(27-3)10-11-17(19)28-4/h9-12,14,22H,5-8,13H2,1-4H3,(H,23,26)/b12-9+. The number of nitrogens with zero attached hydrogens (tertiary/aromatic N) is 1. The van der Waals surface area contributed by atoms with Crippen molar-refractivity contribution >= 4 is 23.6 Å². The van der Waals surface area contributed by atoms with Gasteiger partial charge in [0.1, 0.15) is 17.0 Å². The first kappa shape index (κ1) is 20.0. The number of likely N-dealkylation sites (N-methyl/N-ethyl adjacent to an activating group) is 1. The van der Waals surface area contributed by atoms with E-state index in [9.17, 15) is 9.59 Å². The summed E-state index contributed by atoms with van der Waals surface area (Å²) in [7, 11) is 4.83. The number of benzene rings is 1. The predicted molar refractivity (Wildman–Crippen MR) is 109 cm³/mol. The molecule has 1 saturated carbocycles. The predicted octanol–water partition coefficient (Wildman–Crippen LogP) is 2.42. The molecule has 28 heavy (non-hydrogen) atoms. The van der Waals surface area contributed by atoms with Gasteiger partial charge in [-0.15, -0.1) is 0 Å². The van der Waals surface area contributed by atoms with E-state index in [1.54, 1.807) is 46.4 Å². The number of hydrogen-bond donors (Lipinski definition) is 2. The van der Waals surface area contributed by atoms with Crippen LogP contribution in [0.5, 0.6) is 11.5 Å². The Morgan fingerprint density at radius 1 is 1.18 bits per heavy atom. The normalized spacial score (nSPS) is 23.7. The minimum absolute atomic E-state index is 0.151. The maximum absolute atomic E-state index is 13.2. The number of methoxy groups -OCH3 is 2. The fraction of sp³-hybridized carbons (Fsp3) is 0.524. The molecule has 7 heteroatoms. The summed E-state index contributed by atoms with van der Waals surface area (Å²) in [6, 6.07) is 3.78. The Morgan fingerprint density at radius 2 is 1.82 bits per heavy atom. The molecule has 1 aliphatic heterocycles.